The summed E-state index contributed by atoms with van der Waals surface area (Å²) in [6.45, 7) is 5.12. The quantitative estimate of drug-likeness (QED) is 0.897. The number of aromatic nitrogens is 2. The third-order valence-corrected chi connectivity index (χ3v) is 4.17. The summed E-state index contributed by atoms with van der Waals surface area (Å²) in [5, 5.41) is 11.1. The highest BCUT2D eigenvalue weighted by atomic mass is 19.1. The number of rotatable bonds is 3. The number of amides is 1. The van der Waals surface area contributed by atoms with E-state index in [1.54, 1.807) is 13.0 Å². The van der Waals surface area contributed by atoms with E-state index in [1.807, 2.05) is 11.9 Å². The Morgan fingerprint density at radius 3 is 2.70 bits per heavy atom. The van der Waals surface area contributed by atoms with Crippen LogP contribution >= 0.6 is 0 Å². The average molecular weight is 320 g/mol. The van der Waals surface area contributed by atoms with Crippen molar-refractivity contribution < 1.29 is 14.3 Å². The van der Waals surface area contributed by atoms with Crippen LogP contribution in [0.25, 0.3) is 11.0 Å². The molecule has 1 aromatic carbocycles. The van der Waals surface area contributed by atoms with Crippen LogP contribution in [0, 0.1) is 5.82 Å². The van der Waals surface area contributed by atoms with Gasteiger partial charge in [-0.05, 0) is 20.0 Å². The van der Waals surface area contributed by atoms with Crippen LogP contribution in [0.5, 0.6) is 0 Å². The number of carboxylic acid groups (broad SMARTS) is 1. The number of nitrogens with zero attached hydrogens (tertiary/aromatic N) is 4. The Morgan fingerprint density at radius 1 is 1.39 bits per heavy atom. The minimum atomic E-state index is -1.34. The predicted molar refractivity (Wildman–Crippen MR) is 84.2 cm³/mol. The van der Waals surface area contributed by atoms with Crippen molar-refractivity contribution in [2.24, 2.45) is 0 Å². The van der Waals surface area contributed by atoms with Crippen LogP contribution in [0.2, 0.25) is 0 Å². The fraction of sp³-hybridized carbons (Fsp3) is 0.467. The Kier molecular flexibility index (Phi) is 4.08. The fourth-order valence-corrected chi connectivity index (χ4v) is 2.79. The molecule has 2 aromatic rings. The number of likely N-dealkylation sites (N-methyl/N-ethyl adjacent to an activating group) is 1. The number of H-pyrrole nitrogens is 1. The molecule has 0 bridgehead atoms. The van der Waals surface area contributed by atoms with Crippen molar-refractivity contribution >= 4 is 28.8 Å². The molecule has 0 saturated carbocycles. The van der Waals surface area contributed by atoms with E-state index in [4.69, 9.17) is 0 Å². The highest BCUT2D eigenvalue weighted by Crippen LogP contribution is 2.27. The van der Waals surface area contributed by atoms with Crippen molar-refractivity contribution in [3.63, 3.8) is 0 Å². The van der Waals surface area contributed by atoms with Crippen LogP contribution in [0.4, 0.5) is 20.8 Å². The molecule has 1 aliphatic heterocycles. The number of benzene rings is 1. The monoisotopic (exact) mass is 320 g/mol. The molecule has 0 spiro atoms. The van der Waals surface area contributed by atoms with Crippen LogP contribution in [0.3, 0.4) is 0 Å². The van der Waals surface area contributed by atoms with Gasteiger partial charge in [0.2, 0.25) is 5.95 Å². The van der Waals surface area contributed by atoms with E-state index in [0.29, 0.717) is 16.7 Å². The summed E-state index contributed by atoms with van der Waals surface area (Å²) in [7, 11) is 2.04. The largest absolute Gasteiger partial charge is 0.530 e. The molecule has 8 heteroatoms. The number of nitrogens with one attached hydrogen (secondary N) is 1. The number of hydrogen-bond acceptors (Lipinski definition) is 5. The van der Waals surface area contributed by atoms with Gasteiger partial charge in [0.25, 0.3) is 0 Å². The van der Waals surface area contributed by atoms with Gasteiger partial charge < -0.3 is 24.7 Å². The molecule has 1 saturated heterocycles. The molecule has 1 N–H and O–H groups in total. The molecule has 0 unspecified atom stereocenters. The van der Waals surface area contributed by atoms with Gasteiger partial charge in [-0.1, -0.05) is 0 Å². The molecule has 1 aromatic heterocycles. The van der Waals surface area contributed by atoms with E-state index < -0.39 is 6.09 Å². The molecular weight excluding hydrogens is 301 g/mol. The summed E-state index contributed by atoms with van der Waals surface area (Å²) in [4.78, 5) is 23.3. The van der Waals surface area contributed by atoms with E-state index in [-0.39, 0.29) is 18.3 Å². The van der Waals surface area contributed by atoms with Gasteiger partial charge in [-0.3, -0.25) is 4.90 Å². The van der Waals surface area contributed by atoms with Crippen molar-refractivity contribution in [2.75, 3.05) is 49.6 Å². The van der Waals surface area contributed by atoms with Crippen molar-refractivity contribution in [1.29, 1.82) is 0 Å². The third-order valence-electron chi connectivity index (χ3n) is 4.17. The molecule has 1 aliphatic rings. The number of aromatic amines is 1. The topological polar surface area (TPSA) is 78.5 Å². The van der Waals surface area contributed by atoms with Gasteiger partial charge in [0, 0.05) is 38.8 Å². The highest BCUT2D eigenvalue weighted by Gasteiger charge is 2.19. The molecule has 1 fully saturated rings. The lowest BCUT2D eigenvalue weighted by Gasteiger charge is -2.34. The number of carbonyl (C=O) groups is 1. The van der Waals surface area contributed by atoms with Gasteiger partial charge in [-0.15, -0.1) is 0 Å². The number of piperazine rings is 1. The lowest BCUT2D eigenvalue weighted by atomic mass is 10.2. The van der Waals surface area contributed by atoms with Crippen LogP contribution in [-0.2, 0) is 0 Å². The lowest BCUT2D eigenvalue weighted by Crippen LogP contribution is -2.44. The minimum absolute atomic E-state index is 0.150. The van der Waals surface area contributed by atoms with Crippen LogP contribution in [-0.4, -0.2) is 60.7 Å². The van der Waals surface area contributed by atoms with E-state index in [2.05, 4.69) is 14.9 Å². The zero-order chi connectivity index (χ0) is 16.6. The number of hydrogen-bond donors (Lipinski definition) is 1. The number of fused-ring (bicyclic) bond motifs is 1. The van der Waals surface area contributed by atoms with Gasteiger partial charge in [0.15, 0.2) is 0 Å². The summed E-state index contributed by atoms with van der Waals surface area (Å²) in [6, 6.07) is 3.03. The first kappa shape index (κ1) is 15.5. The molecule has 0 aliphatic carbocycles. The molecule has 124 valence electrons. The molecule has 2 heterocycles. The van der Waals surface area contributed by atoms with Gasteiger partial charge in [-0.2, -0.15) is 0 Å². The second-order valence-electron chi connectivity index (χ2n) is 5.68. The summed E-state index contributed by atoms with van der Waals surface area (Å²) in [6.07, 6.45) is -1.34. The van der Waals surface area contributed by atoms with Crippen LogP contribution in [0.15, 0.2) is 12.1 Å². The minimum Gasteiger partial charge on any atom is -0.530 e. The smallest absolute Gasteiger partial charge is 0.209 e. The van der Waals surface area contributed by atoms with Crippen LogP contribution < -0.4 is 14.9 Å². The fourth-order valence-electron chi connectivity index (χ4n) is 2.79. The Morgan fingerprint density at radius 2 is 2.09 bits per heavy atom. The zero-order valence-electron chi connectivity index (χ0n) is 13.2. The van der Waals surface area contributed by atoms with E-state index in [1.165, 1.54) is 6.07 Å². The number of carbonyl (C=O) groups excluding carboxylic acids is 1. The Balaban J connectivity index is 1.96. The van der Waals surface area contributed by atoms with E-state index in [9.17, 15) is 14.3 Å². The van der Waals surface area contributed by atoms with Crippen molar-refractivity contribution in [1.82, 2.24) is 14.9 Å². The predicted octanol–water partition coefficient (Wildman–Crippen LogP) is 0.623. The number of halogens is 1. The van der Waals surface area contributed by atoms with Gasteiger partial charge in [0.1, 0.15) is 11.9 Å². The van der Waals surface area contributed by atoms with E-state index >= 15 is 0 Å². The first-order valence-electron chi connectivity index (χ1n) is 7.61. The van der Waals surface area contributed by atoms with E-state index in [0.717, 1.165) is 31.1 Å². The Labute approximate surface area is 133 Å². The van der Waals surface area contributed by atoms with Gasteiger partial charge in [-0.25, -0.2) is 9.37 Å². The summed E-state index contributed by atoms with van der Waals surface area (Å²) >= 11 is 0. The molecule has 0 atom stereocenters. The average Bonchev–Trinajstić information content (AvgIpc) is 2.90. The zero-order valence-corrected chi connectivity index (χ0v) is 13.2. The molecule has 1 amide bonds. The molecule has 23 heavy (non-hydrogen) atoms. The maximum absolute atomic E-state index is 14.4. The highest BCUT2D eigenvalue weighted by molar-refractivity contribution is 5.87. The molecular formula is C15H19FN5O2-. The molecule has 0 radical (unpaired) electrons. The normalized spacial score (nSPS) is 16.0. The van der Waals surface area contributed by atoms with Crippen molar-refractivity contribution in [3.8, 4) is 0 Å². The summed E-state index contributed by atoms with van der Waals surface area (Å²) in [5.74, 6) is -0.189. The van der Waals surface area contributed by atoms with Gasteiger partial charge >= 0.3 is 0 Å². The molecule has 7 nitrogen and oxygen atoms in total. The first-order valence-corrected chi connectivity index (χ1v) is 7.61. The Bertz CT molecular complexity index is 724. The Hall–Kier alpha value is -2.35. The van der Waals surface area contributed by atoms with Gasteiger partial charge in [0.05, 0.1) is 16.7 Å². The third kappa shape index (κ3) is 2.94. The second-order valence-corrected chi connectivity index (χ2v) is 5.68. The van der Waals surface area contributed by atoms with Crippen molar-refractivity contribution in [3.05, 3.63) is 17.9 Å². The number of imidazole rings is 1. The van der Waals surface area contributed by atoms with Crippen molar-refractivity contribution in [2.45, 2.75) is 6.92 Å². The lowest BCUT2D eigenvalue weighted by molar-refractivity contribution is -0.246. The maximum Gasteiger partial charge on any atom is 0.209 e. The first-order chi connectivity index (χ1) is 11.0. The van der Waals surface area contributed by atoms with Crippen LogP contribution in [0.1, 0.15) is 6.92 Å². The molecule has 3 rings (SSSR count). The summed E-state index contributed by atoms with van der Waals surface area (Å²) < 4.78 is 14.4. The number of anilines is 2. The standard InChI is InChI=1S/C15H20FN5O2/c1-3-21(15(22)23)14-17-11-8-10(16)13(9-12(11)18-14)20-6-4-19(2)5-7-20/h8-9H,3-7H2,1-2H3,(H,17,18)(H,22,23)/p-1. The summed E-state index contributed by atoms with van der Waals surface area (Å²) in [5.41, 5.74) is 1.50. The second kappa shape index (κ2) is 6.04. The maximum atomic E-state index is 14.4. The SMILES string of the molecule is CCN(C(=O)[O-])c1nc2cc(N3CCN(C)CC3)c(F)cc2[nH]1.